The van der Waals surface area contributed by atoms with Crippen LogP contribution < -0.4 is 0 Å². The first-order valence-corrected chi connectivity index (χ1v) is 3.99. The Bertz CT molecular complexity index is 277. The minimum absolute atomic E-state index is 0.370. The van der Waals surface area contributed by atoms with E-state index in [1.165, 1.54) is 0 Å². The summed E-state index contributed by atoms with van der Waals surface area (Å²) in [6, 6.07) is 6.97. The van der Waals surface area contributed by atoms with Gasteiger partial charge in [-0.05, 0) is 6.92 Å². The fraction of sp³-hybridized carbons (Fsp3) is 0.125. The summed E-state index contributed by atoms with van der Waals surface area (Å²) in [5.41, 5.74) is 1.21. The molecule has 56 valence electrons. The Labute approximate surface area is 66.4 Å². The largest absolute Gasteiger partial charge is 0.280 e. The summed E-state index contributed by atoms with van der Waals surface area (Å²) >= 11 is 0. The van der Waals surface area contributed by atoms with Gasteiger partial charge < -0.3 is 0 Å². The van der Waals surface area contributed by atoms with E-state index < -0.39 is 8.46 Å². The first-order valence-electron chi connectivity index (χ1n) is 3.18. The zero-order valence-electron chi connectivity index (χ0n) is 6.07. The molecule has 3 heteroatoms. The van der Waals surface area contributed by atoms with Gasteiger partial charge in [0.2, 0.25) is 8.46 Å². The van der Waals surface area contributed by atoms with Crippen molar-refractivity contribution in [3.8, 4) is 0 Å². The average Bonchev–Trinajstić information content (AvgIpc) is 2.05. The van der Waals surface area contributed by atoms with Gasteiger partial charge >= 0.3 is 0 Å². The number of hydrogen-bond acceptors (Lipinski definition) is 2. The van der Waals surface area contributed by atoms with Gasteiger partial charge in [-0.1, -0.05) is 29.8 Å². The van der Waals surface area contributed by atoms with Crippen molar-refractivity contribution in [2.45, 2.75) is 6.92 Å². The van der Waals surface area contributed by atoms with E-state index in [2.05, 4.69) is 0 Å². The first-order chi connectivity index (χ1) is 5.24. The van der Waals surface area contributed by atoms with E-state index in [0.29, 0.717) is 5.56 Å². The smallest absolute Gasteiger partial charge is 0.253 e. The van der Waals surface area contributed by atoms with Crippen LogP contribution in [0.5, 0.6) is 0 Å². The third-order valence-corrected chi connectivity index (χ3v) is 1.81. The summed E-state index contributed by atoms with van der Waals surface area (Å²) < 4.78 is 10.1. The van der Waals surface area contributed by atoms with Crippen LogP contribution in [0.25, 0.3) is 0 Å². The normalized spacial score (nSPS) is 9.91. The third kappa shape index (κ3) is 1.95. The van der Waals surface area contributed by atoms with Crippen molar-refractivity contribution in [2.75, 3.05) is 0 Å². The maximum Gasteiger partial charge on any atom is 0.253 e. The van der Waals surface area contributed by atoms with Gasteiger partial charge in [-0.25, -0.2) is 0 Å². The topological polar surface area (TPSA) is 34.1 Å². The Kier molecular flexibility index (Phi) is 2.50. The van der Waals surface area contributed by atoms with Crippen LogP contribution in [0, 0.1) is 6.92 Å². The molecule has 1 rings (SSSR count). The molecular formula is C8H7O2P. The number of benzene rings is 1. The minimum Gasteiger partial charge on any atom is -0.280 e. The van der Waals surface area contributed by atoms with Gasteiger partial charge in [0.05, 0.1) is 0 Å². The molecule has 1 aromatic rings. The average molecular weight is 166 g/mol. The van der Waals surface area contributed by atoms with E-state index in [-0.39, 0.29) is 5.52 Å². The highest BCUT2D eigenvalue weighted by Crippen LogP contribution is 2.09. The number of carbonyl (C=O) groups is 1. The summed E-state index contributed by atoms with van der Waals surface area (Å²) in [4.78, 5) is 10.8. The molecule has 0 radical (unpaired) electrons. The Morgan fingerprint density at radius 1 is 1.27 bits per heavy atom. The van der Waals surface area contributed by atoms with E-state index in [4.69, 9.17) is 0 Å². The highest BCUT2D eigenvalue weighted by atomic mass is 31.1. The predicted molar refractivity (Wildman–Crippen MR) is 43.1 cm³/mol. The lowest BCUT2D eigenvalue weighted by molar-refractivity contribution is 0.108. The molecule has 0 heterocycles. The maximum absolute atomic E-state index is 10.8. The Morgan fingerprint density at radius 2 is 1.82 bits per heavy atom. The van der Waals surface area contributed by atoms with Gasteiger partial charge in [0.15, 0.2) is 0 Å². The van der Waals surface area contributed by atoms with Crippen molar-refractivity contribution in [3.05, 3.63) is 35.4 Å². The Hall–Kier alpha value is -1.01. The monoisotopic (exact) mass is 166 g/mol. The molecule has 0 atom stereocenters. The quantitative estimate of drug-likeness (QED) is 0.632. The molecule has 0 fully saturated rings. The van der Waals surface area contributed by atoms with Crippen molar-refractivity contribution in [3.63, 3.8) is 0 Å². The van der Waals surface area contributed by atoms with E-state index in [0.717, 1.165) is 5.56 Å². The molecule has 0 spiro atoms. The maximum atomic E-state index is 10.8. The van der Waals surface area contributed by atoms with Gasteiger partial charge in [-0.2, -0.15) is 0 Å². The second-order valence-corrected chi connectivity index (χ2v) is 2.85. The van der Waals surface area contributed by atoms with E-state index >= 15 is 0 Å². The Balaban J connectivity index is 2.98. The molecule has 0 unspecified atom stereocenters. The fourth-order valence-corrected chi connectivity index (χ4v) is 1.00. The Morgan fingerprint density at radius 3 is 2.27 bits per heavy atom. The van der Waals surface area contributed by atoms with Crippen LogP contribution in [0.3, 0.4) is 0 Å². The molecule has 0 N–H and O–H groups in total. The summed E-state index contributed by atoms with van der Waals surface area (Å²) in [7, 11) is -0.444. The minimum atomic E-state index is -0.444. The zero-order valence-corrected chi connectivity index (χ0v) is 6.97. The number of hydrogen-bond donors (Lipinski definition) is 0. The molecule has 0 saturated heterocycles. The molecule has 11 heavy (non-hydrogen) atoms. The van der Waals surface area contributed by atoms with Crippen LogP contribution in [0.4, 0.5) is 0 Å². The molecule has 0 saturated carbocycles. The molecular weight excluding hydrogens is 159 g/mol. The van der Waals surface area contributed by atoms with Crippen molar-refractivity contribution in [2.24, 2.45) is 0 Å². The van der Waals surface area contributed by atoms with Gasteiger partial charge in [-0.3, -0.25) is 9.36 Å². The summed E-state index contributed by atoms with van der Waals surface area (Å²) in [6.45, 7) is 1.93. The number of carbonyl (C=O) groups excluding carboxylic acids is 1. The molecule has 2 nitrogen and oxygen atoms in total. The van der Waals surface area contributed by atoms with Gasteiger partial charge in [0.25, 0.3) is 5.52 Å². The van der Waals surface area contributed by atoms with Gasteiger partial charge in [-0.15, -0.1) is 0 Å². The molecule has 0 aliphatic carbocycles. The lowest BCUT2D eigenvalue weighted by atomic mass is 10.2. The van der Waals surface area contributed by atoms with E-state index in [9.17, 15) is 9.36 Å². The van der Waals surface area contributed by atoms with Crippen molar-refractivity contribution in [1.29, 1.82) is 0 Å². The lowest BCUT2D eigenvalue weighted by Gasteiger charge is -1.92. The van der Waals surface area contributed by atoms with Crippen molar-refractivity contribution >= 4 is 14.0 Å². The van der Waals surface area contributed by atoms with Crippen LogP contribution in [-0.2, 0) is 4.57 Å². The molecule has 0 aliphatic rings. The van der Waals surface area contributed by atoms with Gasteiger partial charge in [0, 0.05) is 5.56 Å². The standard InChI is InChI=1S/C8H7O2P/c1-6-2-4-7(5-3-6)8(9)11-10/h2-5H,1H3. The number of rotatable bonds is 2. The van der Waals surface area contributed by atoms with Crippen LogP contribution >= 0.6 is 8.46 Å². The number of aryl methyl sites for hydroxylation is 1. The van der Waals surface area contributed by atoms with Crippen molar-refractivity contribution < 1.29 is 9.36 Å². The van der Waals surface area contributed by atoms with Gasteiger partial charge in [0.1, 0.15) is 0 Å². The highest BCUT2D eigenvalue weighted by molar-refractivity contribution is 7.47. The molecule has 0 aromatic heterocycles. The predicted octanol–water partition coefficient (Wildman–Crippen LogP) is 2.43. The molecule has 0 amide bonds. The summed E-state index contributed by atoms with van der Waals surface area (Å²) in [6.07, 6.45) is 0. The summed E-state index contributed by atoms with van der Waals surface area (Å²) in [5, 5.41) is 0. The van der Waals surface area contributed by atoms with Crippen molar-refractivity contribution in [1.82, 2.24) is 0 Å². The van der Waals surface area contributed by atoms with Crippen LogP contribution in [0.1, 0.15) is 15.9 Å². The fourth-order valence-electron chi connectivity index (χ4n) is 0.749. The molecule has 0 aliphatic heterocycles. The lowest BCUT2D eigenvalue weighted by Crippen LogP contribution is -1.87. The van der Waals surface area contributed by atoms with E-state index in [1.807, 2.05) is 19.1 Å². The van der Waals surface area contributed by atoms with Crippen LogP contribution in [0.15, 0.2) is 24.3 Å². The SMILES string of the molecule is Cc1ccc(C(=O)P=O)cc1. The zero-order chi connectivity index (χ0) is 8.27. The van der Waals surface area contributed by atoms with Crippen LogP contribution in [0.2, 0.25) is 0 Å². The third-order valence-electron chi connectivity index (χ3n) is 1.38. The second kappa shape index (κ2) is 3.40. The summed E-state index contributed by atoms with van der Waals surface area (Å²) in [5.74, 6) is 0. The van der Waals surface area contributed by atoms with E-state index in [1.54, 1.807) is 12.1 Å². The molecule has 0 bridgehead atoms. The first kappa shape index (κ1) is 8.09. The van der Waals surface area contributed by atoms with Crippen LogP contribution in [-0.4, -0.2) is 5.52 Å². The second-order valence-electron chi connectivity index (χ2n) is 2.26. The highest BCUT2D eigenvalue weighted by Gasteiger charge is 2.02. The molecule has 1 aromatic carbocycles.